The van der Waals surface area contributed by atoms with Gasteiger partial charge in [-0.25, -0.2) is 4.58 Å². The summed E-state index contributed by atoms with van der Waals surface area (Å²) in [5.41, 5.74) is 4.53. The monoisotopic (exact) mass is 188 g/mol. The molecule has 0 unspecified atom stereocenters. The molecule has 0 radical (unpaired) electrons. The van der Waals surface area contributed by atoms with Gasteiger partial charge in [0.25, 0.3) is 0 Å². The number of benzene rings is 1. The van der Waals surface area contributed by atoms with Crippen LogP contribution in [0.15, 0.2) is 24.3 Å². The predicted molar refractivity (Wildman–Crippen MR) is 60.2 cm³/mol. The van der Waals surface area contributed by atoms with Crippen molar-refractivity contribution >= 4 is 5.71 Å². The van der Waals surface area contributed by atoms with E-state index in [1.807, 2.05) is 0 Å². The SMILES string of the molecule is CC1=[N+](C)C(C)(C)Cc2ccccc21. The number of hydrogen-bond acceptors (Lipinski definition) is 0. The van der Waals surface area contributed by atoms with E-state index in [1.165, 1.54) is 16.8 Å². The van der Waals surface area contributed by atoms with Crippen LogP contribution in [0.1, 0.15) is 31.9 Å². The van der Waals surface area contributed by atoms with Crippen molar-refractivity contribution in [2.24, 2.45) is 0 Å². The quantitative estimate of drug-likeness (QED) is 0.550. The second-order valence-electron chi connectivity index (χ2n) is 4.79. The summed E-state index contributed by atoms with van der Waals surface area (Å²) >= 11 is 0. The largest absolute Gasteiger partial charge is 0.231 e. The molecule has 0 spiro atoms. The Morgan fingerprint density at radius 1 is 1.21 bits per heavy atom. The molecule has 0 fully saturated rings. The van der Waals surface area contributed by atoms with E-state index < -0.39 is 0 Å². The Kier molecular flexibility index (Phi) is 1.99. The highest BCUT2D eigenvalue weighted by Crippen LogP contribution is 2.25. The summed E-state index contributed by atoms with van der Waals surface area (Å²) < 4.78 is 2.38. The number of rotatable bonds is 0. The minimum atomic E-state index is 0.248. The smallest absolute Gasteiger partial charge is 0.180 e. The molecular weight excluding hydrogens is 170 g/mol. The lowest BCUT2D eigenvalue weighted by molar-refractivity contribution is -0.576. The maximum Gasteiger partial charge on any atom is 0.180 e. The van der Waals surface area contributed by atoms with E-state index in [-0.39, 0.29) is 5.54 Å². The highest BCUT2D eigenvalue weighted by molar-refractivity contribution is 5.97. The molecule has 0 atom stereocenters. The van der Waals surface area contributed by atoms with Gasteiger partial charge in [0, 0.05) is 32.8 Å². The minimum Gasteiger partial charge on any atom is -0.231 e. The Balaban J connectivity index is 2.64. The maximum absolute atomic E-state index is 2.38. The zero-order chi connectivity index (χ0) is 10.3. The molecule has 0 aliphatic carbocycles. The van der Waals surface area contributed by atoms with Crippen molar-refractivity contribution in [1.29, 1.82) is 0 Å². The second-order valence-corrected chi connectivity index (χ2v) is 4.79. The molecule has 1 aliphatic rings. The molecule has 0 saturated carbocycles. The molecule has 0 N–H and O–H groups in total. The highest BCUT2D eigenvalue weighted by atomic mass is 15.1. The van der Waals surface area contributed by atoms with Crippen LogP contribution in [-0.2, 0) is 6.42 Å². The molecular formula is C13H18N+. The fraction of sp³-hybridized carbons (Fsp3) is 0.462. The average molecular weight is 188 g/mol. The average Bonchev–Trinajstić information content (AvgIpc) is 2.14. The van der Waals surface area contributed by atoms with Crippen LogP contribution >= 0.6 is 0 Å². The minimum absolute atomic E-state index is 0.248. The van der Waals surface area contributed by atoms with Crippen LogP contribution in [0.2, 0.25) is 0 Å². The van der Waals surface area contributed by atoms with Gasteiger partial charge in [-0.15, -0.1) is 0 Å². The Bertz CT molecular complexity index is 399. The lowest BCUT2D eigenvalue weighted by Gasteiger charge is -2.28. The molecule has 0 bridgehead atoms. The van der Waals surface area contributed by atoms with Gasteiger partial charge in [0.15, 0.2) is 11.3 Å². The van der Waals surface area contributed by atoms with Crippen molar-refractivity contribution in [2.45, 2.75) is 32.7 Å². The molecule has 14 heavy (non-hydrogen) atoms. The lowest BCUT2D eigenvalue weighted by Crippen LogP contribution is -2.43. The van der Waals surface area contributed by atoms with Gasteiger partial charge in [0.2, 0.25) is 0 Å². The molecule has 1 aromatic rings. The van der Waals surface area contributed by atoms with E-state index in [4.69, 9.17) is 0 Å². The zero-order valence-electron chi connectivity index (χ0n) is 9.46. The first kappa shape index (κ1) is 9.45. The normalized spacial score (nSPS) is 19.4. The molecule has 1 heteroatoms. The summed E-state index contributed by atoms with van der Waals surface area (Å²) in [6, 6.07) is 8.71. The Morgan fingerprint density at radius 3 is 2.57 bits per heavy atom. The molecule has 0 aromatic heterocycles. The Hall–Kier alpha value is -1.11. The third kappa shape index (κ3) is 1.28. The van der Waals surface area contributed by atoms with Crippen molar-refractivity contribution in [2.75, 3.05) is 7.05 Å². The molecule has 0 saturated heterocycles. The second kappa shape index (κ2) is 2.94. The Morgan fingerprint density at radius 2 is 1.86 bits per heavy atom. The first-order valence-corrected chi connectivity index (χ1v) is 5.18. The van der Waals surface area contributed by atoms with Gasteiger partial charge in [0.05, 0.1) is 0 Å². The number of nitrogens with zero attached hydrogens (tertiary/aromatic N) is 1. The van der Waals surface area contributed by atoms with E-state index in [9.17, 15) is 0 Å². The van der Waals surface area contributed by atoms with Crippen molar-refractivity contribution in [3.05, 3.63) is 35.4 Å². The highest BCUT2D eigenvalue weighted by Gasteiger charge is 2.35. The van der Waals surface area contributed by atoms with Crippen molar-refractivity contribution < 1.29 is 4.58 Å². The zero-order valence-corrected chi connectivity index (χ0v) is 9.46. The van der Waals surface area contributed by atoms with Crippen LogP contribution in [0.3, 0.4) is 0 Å². The Labute approximate surface area is 86.1 Å². The summed E-state index contributed by atoms with van der Waals surface area (Å²) in [6.07, 6.45) is 1.14. The van der Waals surface area contributed by atoms with Gasteiger partial charge in [-0.1, -0.05) is 18.2 Å². The van der Waals surface area contributed by atoms with E-state index in [2.05, 4.69) is 56.7 Å². The topological polar surface area (TPSA) is 3.01 Å². The van der Waals surface area contributed by atoms with E-state index >= 15 is 0 Å². The maximum atomic E-state index is 2.38. The van der Waals surface area contributed by atoms with Gasteiger partial charge < -0.3 is 0 Å². The van der Waals surface area contributed by atoms with Crippen LogP contribution in [0.25, 0.3) is 0 Å². The van der Waals surface area contributed by atoms with Crippen LogP contribution < -0.4 is 0 Å². The summed E-state index contributed by atoms with van der Waals surface area (Å²) in [7, 11) is 2.19. The van der Waals surface area contributed by atoms with Crippen molar-refractivity contribution in [1.82, 2.24) is 0 Å². The van der Waals surface area contributed by atoms with Gasteiger partial charge in [-0.2, -0.15) is 0 Å². The van der Waals surface area contributed by atoms with Gasteiger partial charge >= 0.3 is 0 Å². The van der Waals surface area contributed by atoms with Crippen LogP contribution in [-0.4, -0.2) is 22.9 Å². The summed E-state index contributed by atoms with van der Waals surface area (Å²) in [5.74, 6) is 0. The molecule has 1 aliphatic heterocycles. The lowest BCUT2D eigenvalue weighted by atomic mass is 9.86. The van der Waals surface area contributed by atoms with E-state index in [0.717, 1.165) is 6.42 Å². The van der Waals surface area contributed by atoms with Crippen LogP contribution in [0.5, 0.6) is 0 Å². The molecule has 2 rings (SSSR count). The van der Waals surface area contributed by atoms with Gasteiger partial charge in [0.1, 0.15) is 7.05 Å². The van der Waals surface area contributed by atoms with Crippen molar-refractivity contribution in [3.8, 4) is 0 Å². The third-order valence-corrected chi connectivity index (χ3v) is 3.44. The van der Waals surface area contributed by atoms with E-state index in [1.54, 1.807) is 0 Å². The number of fused-ring (bicyclic) bond motifs is 1. The summed E-state index contributed by atoms with van der Waals surface area (Å²) in [5, 5.41) is 0. The third-order valence-electron chi connectivity index (χ3n) is 3.44. The number of hydrogen-bond donors (Lipinski definition) is 0. The number of likely N-dealkylation sites (N-methyl/N-ethyl adjacent to an activating group) is 1. The van der Waals surface area contributed by atoms with Crippen LogP contribution in [0.4, 0.5) is 0 Å². The van der Waals surface area contributed by atoms with Crippen LogP contribution in [0, 0.1) is 0 Å². The molecule has 74 valence electrons. The molecule has 1 nitrogen and oxygen atoms in total. The fourth-order valence-corrected chi connectivity index (χ4v) is 2.25. The predicted octanol–water partition coefficient (Wildman–Crippen LogP) is 2.47. The standard InChI is InChI=1S/C13H18N/c1-10-12-8-6-5-7-11(12)9-13(2,3)14(10)4/h5-8H,9H2,1-4H3/q+1. The fourth-order valence-electron chi connectivity index (χ4n) is 2.25. The van der Waals surface area contributed by atoms with Crippen molar-refractivity contribution in [3.63, 3.8) is 0 Å². The first-order chi connectivity index (χ1) is 6.52. The van der Waals surface area contributed by atoms with Gasteiger partial charge in [-0.3, -0.25) is 0 Å². The molecule has 1 heterocycles. The molecule has 0 amide bonds. The summed E-state index contributed by atoms with van der Waals surface area (Å²) in [6.45, 7) is 6.80. The van der Waals surface area contributed by atoms with Gasteiger partial charge in [-0.05, 0) is 11.6 Å². The van der Waals surface area contributed by atoms with E-state index in [0.29, 0.717) is 0 Å². The first-order valence-electron chi connectivity index (χ1n) is 5.18. The summed E-state index contributed by atoms with van der Waals surface area (Å²) in [4.78, 5) is 0. The molecule has 1 aromatic carbocycles.